The summed E-state index contributed by atoms with van der Waals surface area (Å²) in [7, 11) is 1.59. The van der Waals surface area contributed by atoms with Gasteiger partial charge in [-0.2, -0.15) is 5.10 Å². The van der Waals surface area contributed by atoms with Crippen molar-refractivity contribution >= 4 is 46.1 Å². The minimum atomic E-state index is -0.397. The Kier molecular flexibility index (Phi) is 7.13. The number of benzene rings is 4. The number of halogens is 2. The lowest BCUT2D eigenvalue weighted by atomic mass is 10.1. The molecule has 4 rings (SSSR count). The molecule has 0 aromatic heterocycles. The Balaban J connectivity index is 1.47. The lowest BCUT2D eigenvalue weighted by Gasteiger charge is -2.13. The normalized spacial score (nSPS) is 11.0. The van der Waals surface area contributed by atoms with Crippen molar-refractivity contribution in [3.63, 3.8) is 0 Å². The quantitative estimate of drug-likeness (QED) is 0.243. The predicted octanol–water partition coefficient (Wildman–Crippen LogP) is 6.50. The Morgan fingerprint density at radius 1 is 0.939 bits per heavy atom. The third kappa shape index (κ3) is 5.45. The van der Waals surface area contributed by atoms with Crippen LogP contribution in [0.1, 0.15) is 21.5 Å². The smallest absolute Gasteiger partial charge is 0.271 e. The number of rotatable bonds is 7. The number of fused-ring (bicyclic) bond motifs is 1. The summed E-state index contributed by atoms with van der Waals surface area (Å²) < 4.78 is 11.5. The van der Waals surface area contributed by atoms with Gasteiger partial charge in [0.25, 0.3) is 5.91 Å². The molecular weight excluding hydrogens is 459 g/mol. The fourth-order valence-electron chi connectivity index (χ4n) is 3.33. The molecule has 4 aromatic carbocycles. The summed E-state index contributed by atoms with van der Waals surface area (Å²) in [6.45, 7) is 0.381. The Morgan fingerprint density at radius 3 is 2.58 bits per heavy atom. The van der Waals surface area contributed by atoms with Gasteiger partial charge in [0, 0.05) is 5.56 Å². The molecule has 7 heteroatoms. The van der Waals surface area contributed by atoms with E-state index in [1.54, 1.807) is 31.4 Å². The fraction of sp³-hybridized carbons (Fsp3) is 0.0769. The van der Waals surface area contributed by atoms with E-state index < -0.39 is 5.91 Å². The highest BCUT2D eigenvalue weighted by Gasteiger charge is 2.09. The summed E-state index contributed by atoms with van der Waals surface area (Å²) in [5, 5.41) is 7.01. The Bertz CT molecular complexity index is 1330. The van der Waals surface area contributed by atoms with Crippen LogP contribution in [0.15, 0.2) is 84.0 Å². The summed E-state index contributed by atoms with van der Waals surface area (Å²) in [4.78, 5) is 12.3. The van der Waals surface area contributed by atoms with Gasteiger partial charge in [-0.05, 0) is 58.3 Å². The molecule has 0 aliphatic carbocycles. The maximum absolute atomic E-state index is 12.3. The SMILES string of the molecule is COc1ccc(/C=N\NC(=O)c2ccc(Cl)c(Cl)c2)cc1OCc1cccc2ccccc12. The second-order valence-electron chi connectivity index (χ2n) is 7.17. The molecule has 0 saturated carbocycles. The van der Waals surface area contributed by atoms with E-state index in [1.807, 2.05) is 30.3 Å². The monoisotopic (exact) mass is 478 g/mol. The van der Waals surface area contributed by atoms with Crippen LogP contribution in [0.25, 0.3) is 10.8 Å². The number of nitrogens with one attached hydrogen (secondary N) is 1. The Labute approximate surface area is 201 Å². The van der Waals surface area contributed by atoms with Crippen molar-refractivity contribution in [1.82, 2.24) is 5.43 Å². The lowest BCUT2D eigenvalue weighted by Crippen LogP contribution is -2.17. The molecule has 0 unspecified atom stereocenters. The second kappa shape index (κ2) is 10.4. The molecule has 0 heterocycles. The average molecular weight is 479 g/mol. The standard InChI is InChI=1S/C26H20Cl2N2O3/c1-32-24-12-9-17(15-29-30-26(31)19-10-11-22(27)23(28)14-19)13-25(24)33-16-20-7-4-6-18-5-2-3-8-21(18)20/h2-15H,16H2,1H3,(H,30,31)/b29-15-. The van der Waals surface area contributed by atoms with Crippen LogP contribution < -0.4 is 14.9 Å². The maximum atomic E-state index is 12.3. The van der Waals surface area contributed by atoms with E-state index in [4.69, 9.17) is 32.7 Å². The number of methoxy groups -OCH3 is 1. The van der Waals surface area contributed by atoms with Crippen LogP contribution in [0.4, 0.5) is 0 Å². The van der Waals surface area contributed by atoms with Crippen LogP contribution >= 0.6 is 23.2 Å². The first-order valence-electron chi connectivity index (χ1n) is 10.1. The van der Waals surface area contributed by atoms with Crippen molar-refractivity contribution in [2.24, 2.45) is 5.10 Å². The molecule has 0 radical (unpaired) electrons. The average Bonchev–Trinajstić information content (AvgIpc) is 2.84. The number of nitrogens with zero attached hydrogens (tertiary/aromatic N) is 1. The van der Waals surface area contributed by atoms with Gasteiger partial charge in [-0.25, -0.2) is 5.43 Å². The molecular formula is C26H20Cl2N2O3. The third-order valence-corrected chi connectivity index (χ3v) is 5.75. The molecule has 1 amide bonds. The van der Waals surface area contributed by atoms with Gasteiger partial charge in [0.2, 0.25) is 0 Å². The minimum Gasteiger partial charge on any atom is -0.493 e. The number of hydrogen-bond donors (Lipinski definition) is 1. The highest BCUT2D eigenvalue weighted by Crippen LogP contribution is 2.29. The van der Waals surface area contributed by atoms with Crippen molar-refractivity contribution in [3.8, 4) is 11.5 Å². The molecule has 0 atom stereocenters. The minimum absolute atomic E-state index is 0.302. The largest absolute Gasteiger partial charge is 0.493 e. The zero-order valence-corrected chi connectivity index (χ0v) is 19.2. The van der Waals surface area contributed by atoms with Crippen molar-refractivity contribution in [3.05, 3.63) is 106 Å². The highest BCUT2D eigenvalue weighted by atomic mass is 35.5. The highest BCUT2D eigenvalue weighted by molar-refractivity contribution is 6.42. The van der Waals surface area contributed by atoms with Gasteiger partial charge >= 0.3 is 0 Å². The molecule has 0 spiro atoms. The van der Waals surface area contributed by atoms with Gasteiger partial charge < -0.3 is 9.47 Å². The molecule has 0 aliphatic rings. The topological polar surface area (TPSA) is 59.9 Å². The lowest BCUT2D eigenvalue weighted by molar-refractivity contribution is 0.0955. The van der Waals surface area contributed by atoms with E-state index in [0.29, 0.717) is 33.7 Å². The summed E-state index contributed by atoms with van der Waals surface area (Å²) in [5.74, 6) is 0.781. The van der Waals surface area contributed by atoms with Crippen LogP contribution in [0.5, 0.6) is 11.5 Å². The number of carbonyl (C=O) groups excluding carboxylic acids is 1. The molecule has 166 valence electrons. The van der Waals surface area contributed by atoms with E-state index in [0.717, 1.165) is 21.9 Å². The number of ether oxygens (including phenoxy) is 2. The van der Waals surface area contributed by atoms with E-state index >= 15 is 0 Å². The predicted molar refractivity (Wildman–Crippen MR) is 133 cm³/mol. The summed E-state index contributed by atoms with van der Waals surface area (Å²) in [6, 6.07) is 24.3. The molecule has 1 N–H and O–H groups in total. The van der Waals surface area contributed by atoms with Crippen LogP contribution in [-0.4, -0.2) is 19.2 Å². The first-order valence-corrected chi connectivity index (χ1v) is 10.9. The van der Waals surface area contributed by atoms with Gasteiger partial charge in [0.15, 0.2) is 11.5 Å². The van der Waals surface area contributed by atoms with Gasteiger partial charge in [-0.15, -0.1) is 0 Å². The third-order valence-electron chi connectivity index (χ3n) is 5.01. The van der Waals surface area contributed by atoms with Gasteiger partial charge in [-0.3, -0.25) is 4.79 Å². The summed E-state index contributed by atoms with van der Waals surface area (Å²) >= 11 is 11.9. The Hall–Kier alpha value is -3.54. The first-order chi connectivity index (χ1) is 16.0. The Morgan fingerprint density at radius 2 is 1.76 bits per heavy atom. The van der Waals surface area contributed by atoms with E-state index in [2.05, 4.69) is 28.7 Å². The van der Waals surface area contributed by atoms with Crippen molar-refractivity contribution in [2.75, 3.05) is 7.11 Å². The number of amides is 1. The van der Waals surface area contributed by atoms with Crippen LogP contribution in [0.2, 0.25) is 10.0 Å². The summed E-state index contributed by atoms with van der Waals surface area (Å²) in [6.07, 6.45) is 1.53. The van der Waals surface area contributed by atoms with E-state index in [-0.39, 0.29) is 0 Å². The van der Waals surface area contributed by atoms with E-state index in [1.165, 1.54) is 12.3 Å². The second-order valence-corrected chi connectivity index (χ2v) is 7.98. The fourth-order valence-corrected chi connectivity index (χ4v) is 3.63. The van der Waals surface area contributed by atoms with Gasteiger partial charge in [0.05, 0.1) is 23.4 Å². The number of hydrogen-bond acceptors (Lipinski definition) is 4. The maximum Gasteiger partial charge on any atom is 0.271 e. The molecule has 0 fully saturated rings. The van der Waals surface area contributed by atoms with Gasteiger partial charge in [-0.1, -0.05) is 65.7 Å². The van der Waals surface area contributed by atoms with Crippen molar-refractivity contribution in [2.45, 2.75) is 6.61 Å². The van der Waals surface area contributed by atoms with Crippen molar-refractivity contribution in [1.29, 1.82) is 0 Å². The molecule has 4 aromatic rings. The molecule has 0 bridgehead atoms. The number of hydrazone groups is 1. The molecule has 0 saturated heterocycles. The molecule has 0 aliphatic heterocycles. The first kappa shape index (κ1) is 22.6. The van der Waals surface area contributed by atoms with E-state index in [9.17, 15) is 4.79 Å². The molecule has 5 nitrogen and oxygen atoms in total. The van der Waals surface area contributed by atoms with Crippen molar-refractivity contribution < 1.29 is 14.3 Å². The van der Waals surface area contributed by atoms with Crippen LogP contribution in [-0.2, 0) is 6.61 Å². The zero-order valence-electron chi connectivity index (χ0n) is 17.7. The molecule has 33 heavy (non-hydrogen) atoms. The number of carbonyl (C=O) groups is 1. The summed E-state index contributed by atoms with van der Waals surface area (Å²) in [5.41, 5.74) is 4.64. The van der Waals surface area contributed by atoms with Gasteiger partial charge in [0.1, 0.15) is 6.61 Å². The van der Waals surface area contributed by atoms with Crippen LogP contribution in [0, 0.1) is 0 Å². The van der Waals surface area contributed by atoms with Crippen LogP contribution in [0.3, 0.4) is 0 Å². The zero-order chi connectivity index (χ0) is 23.2.